The normalized spacial score (nSPS) is 12.1. The van der Waals surface area contributed by atoms with Crippen LogP contribution in [0, 0.1) is 0 Å². The zero-order chi connectivity index (χ0) is 32.1. The van der Waals surface area contributed by atoms with Crippen LogP contribution in [-0.4, -0.2) is 19.1 Å². The van der Waals surface area contributed by atoms with Crippen molar-refractivity contribution in [1.82, 2.24) is 19.1 Å². The molecule has 0 aliphatic heterocycles. The Morgan fingerprint density at radius 2 is 1.02 bits per heavy atom. The van der Waals surface area contributed by atoms with Crippen LogP contribution < -0.4 is 0 Å². The van der Waals surface area contributed by atoms with Gasteiger partial charge in [-0.05, 0) is 47.2 Å². The maximum atomic E-state index is 6.64. The molecule has 228 valence electrons. The summed E-state index contributed by atoms with van der Waals surface area (Å²) in [6, 6.07) is 55.4. The standard InChI is InChI=1S/C44H26N4O/c1-3-13-27(14-4-1)39-43-40(35-25-28-15-7-8-16-29(28)26-38(35)49-43)46-44(45-39)48-37-22-12-10-20-32(37)34-24-23-33-31-19-9-11-21-36(31)47(41(33)42(34)48)30-17-5-2-6-18-30/h1-26H. The molecule has 5 nitrogen and oxygen atoms in total. The summed E-state index contributed by atoms with van der Waals surface area (Å²) in [5.74, 6) is 0.603. The molecule has 7 aromatic carbocycles. The number of hydrogen-bond acceptors (Lipinski definition) is 3. The van der Waals surface area contributed by atoms with E-state index in [1.807, 2.05) is 18.2 Å². The Balaban J connectivity index is 1.35. The summed E-state index contributed by atoms with van der Waals surface area (Å²) in [7, 11) is 0. The molecule has 0 bridgehead atoms. The molecular formula is C44H26N4O. The summed E-state index contributed by atoms with van der Waals surface area (Å²) >= 11 is 0. The van der Waals surface area contributed by atoms with Crippen LogP contribution in [0.4, 0.5) is 0 Å². The molecule has 4 heterocycles. The average molecular weight is 627 g/mol. The molecule has 0 spiro atoms. The number of furan rings is 1. The van der Waals surface area contributed by atoms with Crippen molar-refractivity contribution in [3.8, 4) is 22.9 Å². The maximum Gasteiger partial charge on any atom is 0.236 e. The van der Waals surface area contributed by atoms with Gasteiger partial charge in [0, 0.05) is 38.2 Å². The Hall–Kier alpha value is -6.72. The van der Waals surface area contributed by atoms with E-state index >= 15 is 0 Å². The van der Waals surface area contributed by atoms with Crippen LogP contribution in [-0.2, 0) is 0 Å². The fraction of sp³-hybridized carbons (Fsp3) is 0. The van der Waals surface area contributed by atoms with Crippen molar-refractivity contribution in [1.29, 1.82) is 0 Å². The van der Waals surface area contributed by atoms with E-state index in [4.69, 9.17) is 14.4 Å². The zero-order valence-corrected chi connectivity index (χ0v) is 26.2. The van der Waals surface area contributed by atoms with Crippen LogP contribution in [0.5, 0.6) is 0 Å². The van der Waals surface area contributed by atoms with E-state index in [1.54, 1.807) is 0 Å². The number of rotatable bonds is 3. The van der Waals surface area contributed by atoms with Gasteiger partial charge in [-0.25, -0.2) is 9.97 Å². The molecule has 4 aromatic heterocycles. The molecule has 0 unspecified atom stereocenters. The Bertz CT molecular complexity index is 3100. The van der Waals surface area contributed by atoms with Gasteiger partial charge in [-0.15, -0.1) is 0 Å². The second-order valence-electron chi connectivity index (χ2n) is 12.6. The lowest BCUT2D eigenvalue weighted by Crippen LogP contribution is -2.04. The summed E-state index contributed by atoms with van der Waals surface area (Å²) < 4.78 is 11.3. The van der Waals surface area contributed by atoms with E-state index in [0.717, 1.165) is 77.0 Å². The van der Waals surface area contributed by atoms with E-state index < -0.39 is 0 Å². The number of hydrogen-bond donors (Lipinski definition) is 0. The van der Waals surface area contributed by atoms with Gasteiger partial charge in [-0.1, -0.05) is 121 Å². The first kappa shape index (κ1) is 26.4. The van der Waals surface area contributed by atoms with Crippen molar-refractivity contribution in [2.45, 2.75) is 0 Å². The molecule has 0 radical (unpaired) electrons. The largest absolute Gasteiger partial charge is 0.452 e. The summed E-state index contributed by atoms with van der Waals surface area (Å²) in [5.41, 5.74) is 9.51. The van der Waals surface area contributed by atoms with E-state index in [2.05, 4.69) is 149 Å². The van der Waals surface area contributed by atoms with Gasteiger partial charge in [0.05, 0.1) is 22.1 Å². The second kappa shape index (κ2) is 9.89. The van der Waals surface area contributed by atoms with Crippen LogP contribution in [0.2, 0.25) is 0 Å². The Morgan fingerprint density at radius 1 is 0.449 bits per heavy atom. The predicted molar refractivity (Wildman–Crippen MR) is 201 cm³/mol. The van der Waals surface area contributed by atoms with Gasteiger partial charge in [-0.2, -0.15) is 0 Å². The summed E-state index contributed by atoms with van der Waals surface area (Å²) in [6.07, 6.45) is 0. The average Bonchev–Trinajstić information content (AvgIpc) is 3.81. The van der Waals surface area contributed by atoms with E-state index in [9.17, 15) is 0 Å². The van der Waals surface area contributed by atoms with Crippen molar-refractivity contribution in [2.75, 3.05) is 0 Å². The van der Waals surface area contributed by atoms with Gasteiger partial charge >= 0.3 is 0 Å². The molecule has 0 atom stereocenters. The van der Waals surface area contributed by atoms with Crippen LogP contribution in [0.3, 0.4) is 0 Å². The monoisotopic (exact) mass is 626 g/mol. The topological polar surface area (TPSA) is 48.8 Å². The van der Waals surface area contributed by atoms with Crippen molar-refractivity contribution >= 4 is 76.5 Å². The van der Waals surface area contributed by atoms with Gasteiger partial charge < -0.3 is 8.98 Å². The van der Waals surface area contributed by atoms with E-state index in [-0.39, 0.29) is 0 Å². The van der Waals surface area contributed by atoms with Crippen molar-refractivity contribution < 1.29 is 4.42 Å². The fourth-order valence-corrected chi connectivity index (χ4v) is 7.76. The van der Waals surface area contributed by atoms with Crippen molar-refractivity contribution in [3.05, 3.63) is 158 Å². The molecule has 11 aromatic rings. The molecule has 0 aliphatic rings. The molecule has 0 fully saturated rings. The minimum atomic E-state index is 0.603. The molecule has 0 amide bonds. The summed E-state index contributed by atoms with van der Waals surface area (Å²) in [6.45, 7) is 0. The third-order valence-electron chi connectivity index (χ3n) is 9.90. The smallest absolute Gasteiger partial charge is 0.236 e. The number of aromatic nitrogens is 4. The highest BCUT2D eigenvalue weighted by Gasteiger charge is 2.24. The number of para-hydroxylation sites is 3. The van der Waals surface area contributed by atoms with Crippen LogP contribution >= 0.6 is 0 Å². The lowest BCUT2D eigenvalue weighted by Gasteiger charge is -2.12. The van der Waals surface area contributed by atoms with Crippen molar-refractivity contribution in [2.24, 2.45) is 0 Å². The van der Waals surface area contributed by atoms with Crippen molar-refractivity contribution in [3.63, 3.8) is 0 Å². The fourth-order valence-electron chi connectivity index (χ4n) is 7.76. The van der Waals surface area contributed by atoms with Crippen LogP contribution in [0.1, 0.15) is 0 Å². The minimum absolute atomic E-state index is 0.603. The molecule has 0 N–H and O–H groups in total. The first-order chi connectivity index (χ1) is 24.3. The summed E-state index contributed by atoms with van der Waals surface area (Å²) in [5, 5.41) is 7.93. The molecular weight excluding hydrogens is 601 g/mol. The molecule has 0 saturated carbocycles. The predicted octanol–water partition coefficient (Wildman–Crippen LogP) is 11.4. The molecule has 11 rings (SSSR count). The maximum absolute atomic E-state index is 6.64. The number of nitrogens with zero attached hydrogens (tertiary/aromatic N) is 4. The van der Waals surface area contributed by atoms with E-state index in [0.29, 0.717) is 11.5 Å². The van der Waals surface area contributed by atoms with E-state index in [1.165, 1.54) is 10.8 Å². The molecule has 0 saturated heterocycles. The Morgan fingerprint density at radius 3 is 1.73 bits per heavy atom. The Labute approximate surface area is 279 Å². The quantitative estimate of drug-likeness (QED) is 0.196. The molecule has 5 heteroatoms. The highest BCUT2D eigenvalue weighted by molar-refractivity contribution is 6.24. The SMILES string of the molecule is c1ccc(-c2nc(-n3c4ccccc4c4ccc5c6ccccc6n(-c6ccccc6)c5c43)nc3c2oc2cc4ccccc4cc23)cc1. The second-order valence-corrected chi connectivity index (χ2v) is 12.6. The van der Waals surface area contributed by atoms with Crippen LogP contribution in [0.25, 0.3) is 99.3 Å². The first-order valence-electron chi connectivity index (χ1n) is 16.5. The summed E-state index contributed by atoms with van der Waals surface area (Å²) in [4.78, 5) is 10.8. The lowest BCUT2D eigenvalue weighted by molar-refractivity contribution is 0.667. The van der Waals surface area contributed by atoms with Crippen LogP contribution in [0.15, 0.2) is 162 Å². The lowest BCUT2D eigenvalue weighted by atomic mass is 10.1. The zero-order valence-electron chi connectivity index (χ0n) is 26.2. The van der Waals surface area contributed by atoms with Gasteiger partial charge in [0.1, 0.15) is 16.8 Å². The molecule has 49 heavy (non-hydrogen) atoms. The van der Waals surface area contributed by atoms with Gasteiger partial charge in [0.2, 0.25) is 5.95 Å². The highest BCUT2D eigenvalue weighted by Crippen LogP contribution is 2.42. The Kier molecular flexibility index (Phi) is 5.32. The van der Waals surface area contributed by atoms with Gasteiger partial charge in [-0.3, -0.25) is 4.57 Å². The number of benzene rings is 7. The number of fused-ring (bicyclic) bond motifs is 11. The first-order valence-corrected chi connectivity index (χ1v) is 16.5. The molecule has 0 aliphatic carbocycles. The minimum Gasteiger partial charge on any atom is -0.452 e. The third-order valence-corrected chi connectivity index (χ3v) is 9.90. The highest BCUT2D eigenvalue weighted by atomic mass is 16.3. The van der Waals surface area contributed by atoms with Gasteiger partial charge in [0.15, 0.2) is 5.58 Å². The third kappa shape index (κ3) is 3.70. The van der Waals surface area contributed by atoms with Gasteiger partial charge in [0.25, 0.3) is 0 Å².